The lowest BCUT2D eigenvalue weighted by molar-refractivity contribution is -0.697. The molecule has 2 rings (SSSR count). The topological polar surface area (TPSA) is 67.6 Å². The number of Topliss-reactive ketones (excluding diaryl/α,β-unsaturated/α-hetero) is 1. The van der Waals surface area contributed by atoms with E-state index in [1.165, 1.54) is 6.92 Å². The van der Waals surface area contributed by atoms with Crippen LogP contribution in [0.5, 0.6) is 5.75 Å². The number of nitrogens with zero attached hydrogens (tertiary/aromatic N) is 2. The van der Waals surface area contributed by atoms with Crippen LogP contribution in [-0.4, -0.2) is 36.7 Å². The highest BCUT2D eigenvalue weighted by atomic mass is 79.9. The molecule has 0 aliphatic heterocycles. The van der Waals surface area contributed by atoms with E-state index < -0.39 is 5.97 Å². The summed E-state index contributed by atoms with van der Waals surface area (Å²) >= 11 is 0. The zero-order chi connectivity index (χ0) is 22.6. The van der Waals surface area contributed by atoms with Gasteiger partial charge >= 0.3 is 5.97 Å². The van der Waals surface area contributed by atoms with Crippen molar-refractivity contribution in [2.24, 2.45) is 0 Å². The number of carbonyl (C=O) groups excluding carboxylic acids is 3. The Morgan fingerprint density at radius 1 is 0.906 bits per heavy atom. The van der Waals surface area contributed by atoms with Crippen molar-refractivity contribution in [2.75, 3.05) is 14.1 Å². The van der Waals surface area contributed by atoms with Crippen molar-refractivity contribution in [3.63, 3.8) is 0 Å². The minimum atomic E-state index is -0.422. The lowest BCUT2D eigenvalue weighted by atomic mass is 10.0. The van der Waals surface area contributed by atoms with Crippen LogP contribution < -0.4 is 26.3 Å². The van der Waals surface area contributed by atoms with Crippen molar-refractivity contribution in [2.45, 2.75) is 58.4 Å². The van der Waals surface area contributed by atoms with Gasteiger partial charge in [-0.15, -0.1) is 0 Å². The number of rotatable bonds is 12. The van der Waals surface area contributed by atoms with Crippen LogP contribution >= 0.6 is 0 Å². The molecule has 1 aromatic carbocycles. The molecule has 1 aromatic heterocycles. The predicted molar refractivity (Wildman–Crippen MR) is 119 cm³/mol. The van der Waals surface area contributed by atoms with Gasteiger partial charge in [0, 0.05) is 39.9 Å². The van der Waals surface area contributed by atoms with Gasteiger partial charge in [0.25, 0.3) is 5.91 Å². The fourth-order valence-electron chi connectivity index (χ4n) is 3.41. The van der Waals surface area contributed by atoms with Crippen LogP contribution in [0.3, 0.4) is 0 Å². The van der Waals surface area contributed by atoms with Gasteiger partial charge in [0.2, 0.25) is 0 Å². The number of hydrogen-bond donors (Lipinski definition) is 0. The van der Waals surface area contributed by atoms with Gasteiger partial charge in [0.15, 0.2) is 18.2 Å². The number of halogens is 1. The van der Waals surface area contributed by atoms with Crippen LogP contribution in [0.15, 0.2) is 48.8 Å². The molecule has 7 heteroatoms. The highest BCUT2D eigenvalue weighted by Gasteiger charge is 2.14. The number of benzene rings is 1. The summed E-state index contributed by atoms with van der Waals surface area (Å²) < 4.78 is 7.19. The zero-order valence-electron chi connectivity index (χ0n) is 19.2. The highest BCUT2D eigenvalue weighted by molar-refractivity contribution is 5.99. The van der Waals surface area contributed by atoms with Gasteiger partial charge in [0.1, 0.15) is 17.9 Å². The van der Waals surface area contributed by atoms with E-state index in [9.17, 15) is 14.4 Å². The van der Waals surface area contributed by atoms with Gasteiger partial charge in [-0.3, -0.25) is 14.4 Å². The SMILES string of the molecule is CC(=O)Oc1ccccc1C(=O)CCCCCCCC[n+]1cccc(C(=O)N(C)C)c1.[Br-]. The molecular formula is C25H33BrN2O4. The molecule has 0 saturated heterocycles. The lowest BCUT2D eigenvalue weighted by Gasteiger charge is -2.09. The summed E-state index contributed by atoms with van der Waals surface area (Å²) in [6, 6.07) is 10.6. The standard InChI is InChI=1S/C25H33N2O4.BrH/c1-20(28)31-24-16-10-9-14-22(24)23(29)15-8-6-4-5-7-11-17-27-18-12-13-21(19-27)25(30)26(2)3;/h9-10,12-14,16,18-19H,4-8,11,15,17H2,1-3H3;1H/q+1;/p-1. The number of carbonyl (C=O) groups is 3. The third kappa shape index (κ3) is 9.30. The number of ketones is 1. The fraction of sp³-hybridized carbons (Fsp3) is 0.440. The minimum Gasteiger partial charge on any atom is -1.00 e. The number of ether oxygens (including phenoxy) is 1. The first-order valence-electron chi connectivity index (χ1n) is 10.9. The van der Waals surface area contributed by atoms with E-state index in [1.807, 2.05) is 24.5 Å². The summed E-state index contributed by atoms with van der Waals surface area (Å²) in [6.45, 7) is 2.22. The number of esters is 1. The lowest BCUT2D eigenvalue weighted by Crippen LogP contribution is -3.00. The molecule has 0 spiro atoms. The van der Waals surface area contributed by atoms with Gasteiger partial charge in [0.05, 0.1) is 5.56 Å². The Balaban J connectivity index is 0.00000512. The molecule has 0 unspecified atom stereocenters. The molecule has 0 aliphatic carbocycles. The Kier molecular flexibility index (Phi) is 12.5. The molecule has 0 radical (unpaired) electrons. The normalized spacial score (nSPS) is 10.2. The number of amides is 1. The van der Waals surface area contributed by atoms with E-state index in [0.29, 0.717) is 23.3 Å². The van der Waals surface area contributed by atoms with Crippen LogP contribution in [0.2, 0.25) is 0 Å². The maximum absolute atomic E-state index is 12.4. The Morgan fingerprint density at radius 2 is 1.56 bits per heavy atom. The second-order valence-electron chi connectivity index (χ2n) is 7.91. The molecule has 0 bridgehead atoms. The third-order valence-corrected chi connectivity index (χ3v) is 5.02. The largest absolute Gasteiger partial charge is 1.00 e. The van der Waals surface area contributed by atoms with Crippen LogP contribution in [0.1, 0.15) is 72.6 Å². The van der Waals surface area contributed by atoms with E-state index in [2.05, 4.69) is 4.57 Å². The smallest absolute Gasteiger partial charge is 0.308 e. The molecule has 0 fully saturated rings. The van der Waals surface area contributed by atoms with Crippen molar-refractivity contribution in [1.29, 1.82) is 0 Å². The molecule has 6 nitrogen and oxygen atoms in total. The fourth-order valence-corrected chi connectivity index (χ4v) is 3.41. The van der Waals surface area contributed by atoms with Crippen LogP contribution in [0.25, 0.3) is 0 Å². The summed E-state index contributed by atoms with van der Waals surface area (Å²) in [5.74, 6) is -0.0527. The maximum atomic E-state index is 12.4. The van der Waals surface area contributed by atoms with Crippen LogP contribution in [-0.2, 0) is 11.3 Å². The predicted octanol–water partition coefficient (Wildman–Crippen LogP) is 1.22. The highest BCUT2D eigenvalue weighted by Crippen LogP contribution is 2.21. The summed E-state index contributed by atoms with van der Waals surface area (Å²) in [5.41, 5.74) is 1.18. The maximum Gasteiger partial charge on any atom is 0.308 e. The molecule has 1 amide bonds. The van der Waals surface area contributed by atoms with E-state index in [1.54, 1.807) is 43.3 Å². The number of unbranched alkanes of at least 4 members (excludes halogenated alkanes) is 5. The van der Waals surface area contributed by atoms with Crippen molar-refractivity contribution in [3.05, 3.63) is 59.9 Å². The van der Waals surface area contributed by atoms with Crippen LogP contribution in [0, 0.1) is 0 Å². The first-order chi connectivity index (χ1) is 14.9. The second-order valence-corrected chi connectivity index (χ2v) is 7.91. The van der Waals surface area contributed by atoms with Crippen LogP contribution in [0.4, 0.5) is 0 Å². The molecule has 32 heavy (non-hydrogen) atoms. The summed E-state index contributed by atoms with van der Waals surface area (Å²) in [4.78, 5) is 37.2. The van der Waals surface area contributed by atoms with E-state index in [0.717, 1.165) is 45.1 Å². The van der Waals surface area contributed by atoms with E-state index in [-0.39, 0.29) is 28.7 Å². The average molecular weight is 505 g/mol. The second kappa shape index (κ2) is 14.5. The van der Waals surface area contributed by atoms with Crippen molar-refractivity contribution >= 4 is 17.7 Å². The first-order valence-corrected chi connectivity index (χ1v) is 10.9. The van der Waals surface area contributed by atoms with E-state index >= 15 is 0 Å². The molecule has 1 heterocycles. The Morgan fingerprint density at radius 3 is 2.25 bits per heavy atom. The third-order valence-electron chi connectivity index (χ3n) is 5.02. The molecule has 0 atom stereocenters. The van der Waals surface area contributed by atoms with Gasteiger partial charge in [-0.2, -0.15) is 0 Å². The van der Waals surface area contributed by atoms with Crippen molar-refractivity contribution < 1.29 is 40.7 Å². The van der Waals surface area contributed by atoms with Gasteiger partial charge in [-0.1, -0.05) is 31.4 Å². The van der Waals surface area contributed by atoms with Gasteiger partial charge < -0.3 is 26.6 Å². The number of hydrogen-bond acceptors (Lipinski definition) is 4. The van der Waals surface area contributed by atoms with Crippen molar-refractivity contribution in [3.8, 4) is 5.75 Å². The average Bonchev–Trinajstić information content (AvgIpc) is 2.75. The molecular weight excluding hydrogens is 472 g/mol. The van der Waals surface area contributed by atoms with Crippen molar-refractivity contribution in [1.82, 2.24) is 4.90 Å². The molecule has 174 valence electrons. The number of pyridine rings is 1. The summed E-state index contributed by atoms with van der Waals surface area (Å²) in [7, 11) is 3.51. The number of aryl methyl sites for hydroxylation is 1. The monoisotopic (exact) mass is 504 g/mol. The Labute approximate surface area is 201 Å². The minimum absolute atomic E-state index is 0. The quantitative estimate of drug-likeness (QED) is 0.143. The number of para-hydroxylation sites is 1. The van der Waals surface area contributed by atoms with E-state index in [4.69, 9.17) is 4.74 Å². The zero-order valence-corrected chi connectivity index (χ0v) is 20.8. The molecule has 0 saturated carbocycles. The molecule has 2 aromatic rings. The summed E-state index contributed by atoms with van der Waals surface area (Å²) in [5, 5.41) is 0. The Bertz CT molecular complexity index is 899. The Hall–Kier alpha value is -2.54. The summed E-state index contributed by atoms with van der Waals surface area (Å²) in [6.07, 6.45) is 10.6. The number of aromatic nitrogens is 1. The van der Waals surface area contributed by atoms with Gasteiger partial charge in [-0.25, -0.2) is 4.57 Å². The van der Waals surface area contributed by atoms with Gasteiger partial charge in [-0.05, 0) is 31.0 Å². The molecule has 0 N–H and O–H groups in total. The molecule has 0 aliphatic rings. The first kappa shape index (κ1) is 27.5.